The summed E-state index contributed by atoms with van der Waals surface area (Å²) in [7, 11) is 0. The molecule has 0 fully saturated rings. The molecule has 4 rings (SSSR count). The van der Waals surface area contributed by atoms with Crippen LogP contribution in [0.1, 0.15) is 29.4 Å². The first kappa shape index (κ1) is 19.0. The Kier molecular flexibility index (Phi) is 4.33. The molecule has 0 spiro atoms. The summed E-state index contributed by atoms with van der Waals surface area (Å²) in [5.41, 5.74) is 0.313. The van der Waals surface area contributed by atoms with Gasteiger partial charge in [-0.15, -0.1) is 0 Å². The fourth-order valence-electron chi connectivity index (χ4n) is 3.26. The third-order valence-corrected chi connectivity index (χ3v) is 4.59. The molecule has 0 N–H and O–H groups in total. The molecular formula is C20H12F5N3O. The number of aryl methyl sites for hydroxylation is 1. The number of fused-ring (bicyclic) bond motifs is 1. The highest BCUT2D eigenvalue weighted by Gasteiger charge is 2.34. The fraction of sp³-hybridized carbons (Fsp3) is 0.150. The standard InChI is InChI=1S/C20H12F5N3O/c1-2-15-16(13-8-7-12(21)9-14(13)22)18-17(26-19(29)28(18)27-15)10-3-5-11(6-4-10)20(23,24)25/h3-9H,2H2,1H3. The van der Waals surface area contributed by atoms with Crippen molar-refractivity contribution in [3.8, 4) is 11.1 Å². The van der Waals surface area contributed by atoms with Gasteiger partial charge in [0, 0.05) is 22.8 Å². The Hall–Kier alpha value is -3.36. The average Bonchev–Trinajstić information content (AvgIpc) is 3.19. The number of aliphatic imine (C=N–C) groups is 1. The van der Waals surface area contributed by atoms with E-state index in [2.05, 4.69) is 10.1 Å². The Bertz CT molecular complexity index is 1160. The van der Waals surface area contributed by atoms with Gasteiger partial charge in [-0.25, -0.2) is 13.6 Å². The molecule has 2 aromatic carbocycles. The lowest BCUT2D eigenvalue weighted by molar-refractivity contribution is -0.137. The maximum absolute atomic E-state index is 14.5. The first-order valence-corrected chi connectivity index (χ1v) is 8.59. The number of amides is 1. The monoisotopic (exact) mass is 405 g/mol. The molecule has 3 aromatic rings. The van der Waals surface area contributed by atoms with Crippen LogP contribution in [0, 0.1) is 11.6 Å². The zero-order valence-electron chi connectivity index (χ0n) is 14.9. The zero-order valence-corrected chi connectivity index (χ0v) is 14.9. The maximum Gasteiger partial charge on any atom is 0.416 e. The lowest BCUT2D eigenvalue weighted by Crippen LogP contribution is -2.09. The molecule has 0 unspecified atom stereocenters. The quantitative estimate of drug-likeness (QED) is 0.561. The van der Waals surface area contributed by atoms with Gasteiger partial charge in [-0.05, 0) is 30.7 Å². The second-order valence-corrected chi connectivity index (χ2v) is 6.38. The minimum Gasteiger partial charge on any atom is -0.244 e. The van der Waals surface area contributed by atoms with E-state index in [0.717, 1.165) is 22.9 Å². The molecule has 1 aromatic heterocycles. The highest BCUT2D eigenvalue weighted by molar-refractivity contribution is 6.23. The average molecular weight is 405 g/mol. The van der Waals surface area contributed by atoms with Gasteiger partial charge >= 0.3 is 12.2 Å². The Morgan fingerprint density at radius 1 is 1.03 bits per heavy atom. The molecule has 148 valence electrons. The number of benzene rings is 2. The van der Waals surface area contributed by atoms with Crippen LogP contribution in [0.4, 0.5) is 26.7 Å². The first-order valence-electron chi connectivity index (χ1n) is 8.59. The van der Waals surface area contributed by atoms with Crippen LogP contribution in [0.2, 0.25) is 0 Å². The number of carbonyl (C=O) groups is 1. The summed E-state index contributed by atoms with van der Waals surface area (Å²) in [4.78, 5) is 16.2. The van der Waals surface area contributed by atoms with Gasteiger partial charge in [-0.3, -0.25) is 0 Å². The summed E-state index contributed by atoms with van der Waals surface area (Å²) in [5, 5.41) is 4.17. The molecule has 4 nitrogen and oxygen atoms in total. The minimum atomic E-state index is -4.51. The van der Waals surface area contributed by atoms with Crippen molar-refractivity contribution in [1.82, 2.24) is 9.78 Å². The number of alkyl halides is 3. The van der Waals surface area contributed by atoms with Crippen molar-refractivity contribution in [2.45, 2.75) is 19.5 Å². The lowest BCUT2D eigenvalue weighted by Gasteiger charge is -2.10. The SMILES string of the molecule is CCc1nn2c(c1-c1ccc(F)cc1F)C(c1ccc(C(F)(F)F)cc1)=NC2=O. The number of carbonyl (C=O) groups excluding carboxylic acids is 1. The predicted octanol–water partition coefficient (Wildman–Crippen LogP) is 5.23. The summed E-state index contributed by atoms with van der Waals surface area (Å²) in [5.74, 6) is -1.61. The smallest absolute Gasteiger partial charge is 0.244 e. The summed E-state index contributed by atoms with van der Waals surface area (Å²) in [6.45, 7) is 1.75. The largest absolute Gasteiger partial charge is 0.416 e. The van der Waals surface area contributed by atoms with Crippen molar-refractivity contribution in [1.29, 1.82) is 0 Å². The fourth-order valence-corrected chi connectivity index (χ4v) is 3.26. The molecule has 0 aliphatic carbocycles. The van der Waals surface area contributed by atoms with Gasteiger partial charge < -0.3 is 0 Å². The van der Waals surface area contributed by atoms with Gasteiger partial charge in [0.1, 0.15) is 23.0 Å². The van der Waals surface area contributed by atoms with E-state index in [0.29, 0.717) is 18.2 Å². The van der Waals surface area contributed by atoms with Crippen LogP contribution in [0.25, 0.3) is 11.1 Å². The van der Waals surface area contributed by atoms with E-state index in [4.69, 9.17) is 0 Å². The third-order valence-electron chi connectivity index (χ3n) is 4.59. The van der Waals surface area contributed by atoms with Crippen molar-refractivity contribution in [3.63, 3.8) is 0 Å². The number of hydrogen-bond acceptors (Lipinski definition) is 2. The van der Waals surface area contributed by atoms with Crippen molar-refractivity contribution in [2.75, 3.05) is 0 Å². The van der Waals surface area contributed by atoms with Crippen LogP contribution >= 0.6 is 0 Å². The van der Waals surface area contributed by atoms with Crippen molar-refractivity contribution in [3.05, 3.63) is 76.6 Å². The Balaban J connectivity index is 1.90. The summed E-state index contributed by atoms with van der Waals surface area (Å²) in [6, 6.07) is 6.41. The van der Waals surface area contributed by atoms with Gasteiger partial charge in [-0.2, -0.15) is 27.9 Å². The summed E-state index contributed by atoms with van der Waals surface area (Å²) < 4.78 is 67.3. The highest BCUT2D eigenvalue weighted by Crippen LogP contribution is 2.35. The van der Waals surface area contributed by atoms with Gasteiger partial charge in [0.15, 0.2) is 0 Å². The van der Waals surface area contributed by atoms with Crippen LogP contribution < -0.4 is 0 Å². The second-order valence-electron chi connectivity index (χ2n) is 6.38. The number of rotatable bonds is 3. The van der Waals surface area contributed by atoms with Crippen molar-refractivity contribution < 1.29 is 26.7 Å². The van der Waals surface area contributed by atoms with Crippen LogP contribution in [0.5, 0.6) is 0 Å². The third kappa shape index (κ3) is 3.12. The molecule has 0 saturated carbocycles. The number of aromatic nitrogens is 2. The minimum absolute atomic E-state index is 0.0267. The molecule has 0 atom stereocenters. The van der Waals surface area contributed by atoms with E-state index in [1.165, 1.54) is 18.2 Å². The van der Waals surface area contributed by atoms with Gasteiger partial charge in [0.05, 0.1) is 11.3 Å². The van der Waals surface area contributed by atoms with Gasteiger partial charge in [-0.1, -0.05) is 19.1 Å². The molecule has 0 bridgehead atoms. The Morgan fingerprint density at radius 3 is 2.31 bits per heavy atom. The number of hydrogen-bond donors (Lipinski definition) is 0. The second kappa shape index (κ2) is 6.61. The molecule has 29 heavy (non-hydrogen) atoms. The lowest BCUT2D eigenvalue weighted by atomic mass is 9.96. The molecule has 0 radical (unpaired) electrons. The van der Waals surface area contributed by atoms with E-state index in [1.54, 1.807) is 6.92 Å². The van der Waals surface area contributed by atoms with E-state index in [9.17, 15) is 26.7 Å². The zero-order chi connectivity index (χ0) is 20.9. The van der Waals surface area contributed by atoms with Crippen LogP contribution in [0.3, 0.4) is 0 Å². The molecular weight excluding hydrogens is 393 g/mol. The normalized spacial score (nSPS) is 13.6. The maximum atomic E-state index is 14.5. The molecule has 2 heterocycles. The van der Waals surface area contributed by atoms with E-state index < -0.39 is 29.4 Å². The van der Waals surface area contributed by atoms with Crippen molar-refractivity contribution in [2.24, 2.45) is 4.99 Å². The van der Waals surface area contributed by atoms with Gasteiger partial charge in [0.2, 0.25) is 0 Å². The topological polar surface area (TPSA) is 47.2 Å². The predicted molar refractivity (Wildman–Crippen MR) is 94.8 cm³/mol. The highest BCUT2D eigenvalue weighted by atomic mass is 19.4. The molecule has 1 aliphatic rings. The molecule has 1 aliphatic heterocycles. The molecule has 1 amide bonds. The van der Waals surface area contributed by atoms with Crippen molar-refractivity contribution >= 4 is 11.7 Å². The molecule has 9 heteroatoms. The first-order chi connectivity index (χ1) is 13.7. The van der Waals surface area contributed by atoms with Gasteiger partial charge in [0.25, 0.3) is 0 Å². The van der Waals surface area contributed by atoms with Crippen LogP contribution in [-0.4, -0.2) is 21.5 Å². The van der Waals surface area contributed by atoms with Crippen LogP contribution in [-0.2, 0) is 12.6 Å². The van der Waals surface area contributed by atoms with E-state index in [-0.39, 0.29) is 28.1 Å². The number of halogens is 5. The van der Waals surface area contributed by atoms with Crippen LogP contribution in [0.15, 0.2) is 47.5 Å². The number of nitrogens with zero attached hydrogens (tertiary/aromatic N) is 3. The van der Waals surface area contributed by atoms with E-state index >= 15 is 0 Å². The molecule has 0 saturated heterocycles. The Morgan fingerprint density at radius 2 is 1.72 bits per heavy atom. The Labute approximate surface area is 161 Å². The van der Waals surface area contributed by atoms with E-state index in [1.807, 2.05) is 0 Å². The summed E-state index contributed by atoms with van der Waals surface area (Å²) in [6.07, 6.45) is -4.16. The summed E-state index contributed by atoms with van der Waals surface area (Å²) >= 11 is 0.